The molecule has 1 atom stereocenters. The molecule has 1 aliphatic heterocycles. The van der Waals surface area contributed by atoms with E-state index < -0.39 is 22.1 Å². The van der Waals surface area contributed by atoms with Crippen molar-refractivity contribution in [1.29, 1.82) is 0 Å². The normalized spacial score (nSPS) is 17.7. The average Bonchev–Trinajstić information content (AvgIpc) is 2.62. The molecule has 26 heavy (non-hydrogen) atoms. The van der Waals surface area contributed by atoms with E-state index in [9.17, 15) is 18.0 Å². The van der Waals surface area contributed by atoms with Crippen LogP contribution in [0.25, 0.3) is 0 Å². The molecule has 10 heteroatoms. The number of carboxylic acid groups (broad SMARTS) is 1. The second kappa shape index (κ2) is 8.97. The van der Waals surface area contributed by atoms with Crippen molar-refractivity contribution in [2.45, 2.75) is 24.3 Å². The highest BCUT2D eigenvalue weighted by Gasteiger charge is 2.28. The Balaban J connectivity index is 1.85. The molecule has 1 aliphatic rings. The van der Waals surface area contributed by atoms with Crippen molar-refractivity contribution >= 4 is 21.9 Å². The van der Waals surface area contributed by atoms with Crippen LogP contribution in [0.5, 0.6) is 5.75 Å². The Morgan fingerprint density at radius 2 is 2.04 bits per heavy atom. The molecule has 1 aromatic rings. The highest BCUT2D eigenvalue weighted by molar-refractivity contribution is 7.89. The molecule has 0 aromatic heterocycles. The van der Waals surface area contributed by atoms with Gasteiger partial charge < -0.3 is 19.5 Å². The van der Waals surface area contributed by atoms with Crippen LogP contribution in [0.3, 0.4) is 0 Å². The SMILES string of the molecule is CCOc1ccc(S(=O)(=O)NCCC(=O)N2CCOC(C(=O)O)C2)cc1. The van der Waals surface area contributed by atoms with E-state index in [-0.39, 0.29) is 43.5 Å². The molecular formula is C16H22N2O7S. The molecule has 9 nitrogen and oxygen atoms in total. The maximum Gasteiger partial charge on any atom is 0.334 e. The van der Waals surface area contributed by atoms with E-state index in [2.05, 4.69) is 4.72 Å². The van der Waals surface area contributed by atoms with Crippen LogP contribution in [0, 0.1) is 0 Å². The average molecular weight is 386 g/mol. The van der Waals surface area contributed by atoms with Gasteiger partial charge in [0.05, 0.1) is 24.7 Å². The van der Waals surface area contributed by atoms with Crippen LogP contribution in [0.4, 0.5) is 0 Å². The van der Waals surface area contributed by atoms with Crippen LogP contribution in [-0.2, 0) is 24.3 Å². The van der Waals surface area contributed by atoms with E-state index in [1.54, 1.807) is 12.1 Å². The van der Waals surface area contributed by atoms with E-state index in [0.29, 0.717) is 12.4 Å². The first-order valence-electron chi connectivity index (χ1n) is 8.18. The Morgan fingerprint density at radius 1 is 1.35 bits per heavy atom. The van der Waals surface area contributed by atoms with E-state index >= 15 is 0 Å². The van der Waals surface area contributed by atoms with Gasteiger partial charge >= 0.3 is 5.97 Å². The van der Waals surface area contributed by atoms with Gasteiger partial charge in [-0.2, -0.15) is 0 Å². The van der Waals surface area contributed by atoms with Gasteiger partial charge in [0, 0.05) is 19.5 Å². The van der Waals surface area contributed by atoms with Gasteiger partial charge in [0.1, 0.15) is 5.75 Å². The highest BCUT2D eigenvalue weighted by Crippen LogP contribution is 2.16. The molecule has 0 bridgehead atoms. The van der Waals surface area contributed by atoms with Gasteiger partial charge in [0.2, 0.25) is 15.9 Å². The summed E-state index contributed by atoms with van der Waals surface area (Å²) in [4.78, 5) is 24.5. The summed E-state index contributed by atoms with van der Waals surface area (Å²) < 4.78 is 37.1. The molecule has 0 aliphatic carbocycles. The molecule has 2 N–H and O–H groups in total. The van der Waals surface area contributed by atoms with Crippen molar-refractivity contribution in [3.05, 3.63) is 24.3 Å². The molecule has 0 radical (unpaired) electrons. The third kappa shape index (κ3) is 5.41. The van der Waals surface area contributed by atoms with Crippen LogP contribution < -0.4 is 9.46 Å². The van der Waals surface area contributed by atoms with E-state index in [0.717, 1.165) is 0 Å². The molecule has 1 amide bonds. The maximum absolute atomic E-state index is 12.2. The number of amides is 1. The largest absolute Gasteiger partial charge is 0.494 e. The second-order valence-electron chi connectivity index (χ2n) is 5.59. The summed E-state index contributed by atoms with van der Waals surface area (Å²) in [5.41, 5.74) is 0. The molecule has 2 rings (SSSR count). The number of aliphatic carboxylic acids is 1. The van der Waals surface area contributed by atoms with Crippen LogP contribution in [0.2, 0.25) is 0 Å². The number of rotatable bonds is 8. The molecule has 0 saturated carbocycles. The number of benzene rings is 1. The molecule has 1 fully saturated rings. The first kappa shape index (κ1) is 20.1. The first-order chi connectivity index (χ1) is 12.3. The van der Waals surface area contributed by atoms with E-state index in [1.165, 1.54) is 17.0 Å². The number of carbonyl (C=O) groups excluding carboxylic acids is 1. The molecule has 0 spiro atoms. The van der Waals surface area contributed by atoms with Crippen LogP contribution in [0.1, 0.15) is 13.3 Å². The lowest BCUT2D eigenvalue weighted by Gasteiger charge is -2.30. The molecule has 1 heterocycles. The first-order valence-corrected chi connectivity index (χ1v) is 9.66. The van der Waals surface area contributed by atoms with Crippen molar-refractivity contribution < 1.29 is 32.6 Å². The molecule has 144 valence electrons. The lowest BCUT2D eigenvalue weighted by atomic mass is 10.2. The minimum Gasteiger partial charge on any atom is -0.494 e. The number of nitrogens with zero attached hydrogens (tertiary/aromatic N) is 1. The highest BCUT2D eigenvalue weighted by atomic mass is 32.2. The Kier molecular flexibility index (Phi) is 6.95. The molecule has 1 unspecified atom stereocenters. The molecular weight excluding hydrogens is 364 g/mol. The zero-order valence-electron chi connectivity index (χ0n) is 14.4. The number of hydrogen-bond acceptors (Lipinski definition) is 6. The number of carboxylic acids is 1. The van der Waals surface area contributed by atoms with Gasteiger partial charge in [-0.15, -0.1) is 0 Å². The standard InChI is InChI=1S/C16H22N2O7S/c1-2-24-12-3-5-13(6-4-12)26(22,23)17-8-7-15(19)18-9-10-25-14(11-18)16(20)21/h3-6,14,17H,2,7-11H2,1H3,(H,20,21). The third-order valence-corrected chi connectivity index (χ3v) is 5.25. The lowest BCUT2D eigenvalue weighted by Crippen LogP contribution is -2.49. The summed E-state index contributed by atoms with van der Waals surface area (Å²) >= 11 is 0. The smallest absolute Gasteiger partial charge is 0.334 e. The predicted molar refractivity (Wildman–Crippen MR) is 91.4 cm³/mol. The number of hydrogen-bond donors (Lipinski definition) is 2. The van der Waals surface area contributed by atoms with Crippen molar-refractivity contribution in [3.8, 4) is 5.75 Å². The monoisotopic (exact) mass is 386 g/mol. The fourth-order valence-electron chi connectivity index (χ4n) is 2.44. The summed E-state index contributed by atoms with van der Waals surface area (Å²) in [6.45, 7) is 2.62. The summed E-state index contributed by atoms with van der Waals surface area (Å²) in [6, 6.07) is 5.97. The van der Waals surface area contributed by atoms with Gasteiger partial charge in [0.25, 0.3) is 0 Å². The molecule has 1 saturated heterocycles. The van der Waals surface area contributed by atoms with Crippen molar-refractivity contribution in [2.24, 2.45) is 0 Å². The number of morpholine rings is 1. The zero-order valence-corrected chi connectivity index (χ0v) is 15.2. The maximum atomic E-state index is 12.2. The molecule has 1 aromatic carbocycles. The van der Waals surface area contributed by atoms with Gasteiger partial charge in [-0.1, -0.05) is 0 Å². The van der Waals surface area contributed by atoms with E-state index in [4.69, 9.17) is 14.6 Å². The van der Waals surface area contributed by atoms with Gasteiger partial charge in [-0.25, -0.2) is 17.9 Å². The number of carbonyl (C=O) groups is 2. The Bertz CT molecular complexity index is 733. The lowest BCUT2D eigenvalue weighted by molar-refractivity contribution is -0.159. The zero-order chi connectivity index (χ0) is 19.2. The van der Waals surface area contributed by atoms with Gasteiger partial charge in [-0.3, -0.25) is 4.79 Å². The predicted octanol–water partition coefficient (Wildman–Crippen LogP) is 0.0657. The van der Waals surface area contributed by atoms with Crippen molar-refractivity contribution in [2.75, 3.05) is 32.8 Å². The minimum atomic E-state index is -3.74. The van der Waals surface area contributed by atoms with Crippen LogP contribution in [0.15, 0.2) is 29.2 Å². The quantitative estimate of drug-likeness (QED) is 0.648. The van der Waals surface area contributed by atoms with Crippen LogP contribution >= 0.6 is 0 Å². The van der Waals surface area contributed by atoms with Gasteiger partial charge in [-0.05, 0) is 31.2 Å². The summed E-state index contributed by atoms with van der Waals surface area (Å²) in [5, 5.41) is 8.94. The van der Waals surface area contributed by atoms with Crippen molar-refractivity contribution in [1.82, 2.24) is 9.62 Å². The van der Waals surface area contributed by atoms with Crippen LogP contribution in [-0.4, -0.2) is 69.3 Å². The number of ether oxygens (including phenoxy) is 2. The Labute approximate surface area is 151 Å². The summed E-state index contributed by atoms with van der Waals surface area (Å²) in [6.07, 6.45) is -1.11. The summed E-state index contributed by atoms with van der Waals surface area (Å²) in [5.74, 6) is -0.880. The topological polar surface area (TPSA) is 122 Å². The minimum absolute atomic E-state index is 0.0419. The van der Waals surface area contributed by atoms with Crippen molar-refractivity contribution in [3.63, 3.8) is 0 Å². The van der Waals surface area contributed by atoms with Gasteiger partial charge in [0.15, 0.2) is 6.10 Å². The Morgan fingerprint density at radius 3 is 2.65 bits per heavy atom. The number of sulfonamides is 1. The fraction of sp³-hybridized carbons (Fsp3) is 0.500. The summed E-state index contributed by atoms with van der Waals surface area (Å²) in [7, 11) is -3.74. The fourth-order valence-corrected chi connectivity index (χ4v) is 3.47. The van der Waals surface area contributed by atoms with E-state index in [1.807, 2.05) is 6.92 Å². The Hall–Kier alpha value is -2.17. The number of nitrogens with one attached hydrogen (secondary N) is 1. The second-order valence-corrected chi connectivity index (χ2v) is 7.36. The third-order valence-electron chi connectivity index (χ3n) is 3.77.